The summed E-state index contributed by atoms with van der Waals surface area (Å²) in [5.41, 5.74) is 1.10. The Hall–Kier alpha value is -1.65. The minimum Gasteiger partial charge on any atom is -0.477 e. The van der Waals surface area contributed by atoms with Crippen molar-refractivity contribution in [3.63, 3.8) is 0 Å². The first kappa shape index (κ1) is 12.8. The molecule has 0 spiro atoms. The fraction of sp³-hybridized carbons (Fsp3) is 0.0833. The van der Waals surface area contributed by atoms with Gasteiger partial charge in [0.2, 0.25) is 0 Å². The average molecular weight is 283 g/mol. The molecule has 1 aromatic heterocycles. The van der Waals surface area contributed by atoms with Gasteiger partial charge in [0.25, 0.3) is 0 Å². The molecule has 0 bridgehead atoms. The van der Waals surface area contributed by atoms with Gasteiger partial charge in [-0.1, -0.05) is 23.2 Å². The van der Waals surface area contributed by atoms with Crippen LogP contribution < -0.4 is 0 Å². The predicted molar refractivity (Wildman–Crippen MR) is 69.2 cm³/mol. The lowest BCUT2D eigenvalue weighted by Gasteiger charge is -2.05. The summed E-state index contributed by atoms with van der Waals surface area (Å²) in [5.74, 6) is -0.784. The molecular weight excluding hydrogens is 275 g/mol. The maximum absolute atomic E-state index is 11.0. The highest BCUT2D eigenvalue weighted by Crippen LogP contribution is 2.27. The molecular formula is C12H8Cl2N2O2. The number of aryl methyl sites for hydroxylation is 1. The van der Waals surface area contributed by atoms with E-state index in [4.69, 9.17) is 28.3 Å². The number of hydrogen-bond acceptors (Lipinski definition) is 3. The zero-order valence-corrected chi connectivity index (χ0v) is 10.8. The van der Waals surface area contributed by atoms with Crippen LogP contribution in [0.15, 0.2) is 24.4 Å². The molecule has 0 saturated heterocycles. The highest BCUT2D eigenvalue weighted by Gasteiger charge is 2.12. The quantitative estimate of drug-likeness (QED) is 0.916. The minimum absolute atomic E-state index is 0.0222. The van der Waals surface area contributed by atoms with Crippen LogP contribution in [0.5, 0.6) is 0 Å². The molecule has 2 rings (SSSR count). The van der Waals surface area contributed by atoms with E-state index in [2.05, 4.69) is 9.97 Å². The first-order valence-electron chi connectivity index (χ1n) is 5.01. The molecule has 1 heterocycles. The van der Waals surface area contributed by atoms with E-state index in [0.717, 1.165) is 0 Å². The number of hydrogen-bond donors (Lipinski definition) is 1. The summed E-state index contributed by atoms with van der Waals surface area (Å²) in [4.78, 5) is 19.1. The molecule has 1 N–H and O–H groups in total. The summed E-state index contributed by atoms with van der Waals surface area (Å²) in [6.07, 6.45) is 1.47. The van der Waals surface area contributed by atoms with Gasteiger partial charge in [0.05, 0.1) is 10.0 Å². The molecule has 18 heavy (non-hydrogen) atoms. The lowest BCUT2D eigenvalue weighted by molar-refractivity contribution is 0.0689. The van der Waals surface area contributed by atoms with Crippen LogP contribution in [0, 0.1) is 6.92 Å². The normalized spacial score (nSPS) is 10.4. The Kier molecular flexibility index (Phi) is 3.50. The molecule has 0 atom stereocenters. The summed E-state index contributed by atoms with van der Waals surface area (Å²) in [6.45, 7) is 1.64. The molecule has 2 aromatic rings. The van der Waals surface area contributed by atoms with E-state index >= 15 is 0 Å². The van der Waals surface area contributed by atoms with E-state index in [1.54, 1.807) is 25.1 Å². The Morgan fingerprint density at radius 3 is 2.61 bits per heavy atom. The molecule has 92 valence electrons. The Labute approximate surface area is 113 Å². The monoisotopic (exact) mass is 282 g/mol. The molecule has 1 aromatic carbocycles. The van der Waals surface area contributed by atoms with E-state index in [9.17, 15) is 4.79 Å². The van der Waals surface area contributed by atoms with Crippen LogP contribution in [0.25, 0.3) is 11.4 Å². The second kappa shape index (κ2) is 4.92. The van der Waals surface area contributed by atoms with Crippen molar-refractivity contribution in [3.8, 4) is 11.4 Å². The van der Waals surface area contributed by atoms with Crippen LogP contribution >= 0.6 is 23.2 Å². The summed E-state index contributed by atoms with van der Waals surface area (Å²) in [5, 5.41) is 9.79. The Balaban J connectivity index is 2.54. The molecule has 0 aliphatic heterocycles. The van der Waals surface area contributed by atoms with E-state index < -0.39 is 5.97 Å². The first-order chi connectivity index (χ1) is 8.49. The number of rotatable bonds is 2. The summed E-state index contributed by atoms with van der Waals surface area (Å²) >= 11 is 11.7. The SMILES string of the molecule is Cc1cnc(-c2ccc(Cl)c(Cl)c2)nc1C(=O)O. The molecule has 0 saturated carbocycles. The van der Waals surface area contributed by atoms with Gasteiger partial charge in [-0.05, 0) is 25.1 Å². The van der Waals surface area contributed by atoms with Gasteiger partial charge in [0.1, 0.15) is 0 Å². The standard InChI is InChI=1S/C12H8Cl2N2O2/c1-6-5-15-11(16-10(6)12(17)18)7-2-3-8(13)9(14)4-7/h2-5H,1H3,(H,17,18). The fourth-order valence-electron chi connectivity index (χ4n) is 1.43. The Morgan fingerprint density at radius 2 is 2.00 bits per heavy atom. The van der Waals surface area contributed by atoms with Crippen LogP contribution in [0.4, 0.5) is 0 Å². The van der Waals surface area contributed by atoms with Crippen molar-refractivity contribution in [2.45, 2.75) is 6.92 Å². The van der Waals surface area contributed by atoms with Crippen LogP contribution in [-0.4, -0.2) is 21.0 Å². The third kappa shape index (κ3) is 2.44. The largest absolute Gasteiger partial charge is 0.477 e. The maximum atomic E-state index is 11.0. The van der Waals surface area contributed by atoms with Crippen molar-refractivity contribution in [1.29, 1.82) is 0 Å². The lowest BCUT2D eigenvalue weighted by atomic mass is 10.2. The van der Waals surface area contributed by atoms with Gasteiger partial charge in [-0.3, -0.25) is 0 Å². The van der Waals surface area contributed by atoms with Gasteiger partial charge in [-0.15, -0.1) is 0 Å². The van der Waals surface area contributed by atoms with Crippen LogP contribution in [0.3, 0.4) is 0 Å². The van der Waals surface area contributed by atoms with E-state index in [-0.39, 0.29) is 5.69 Å². The third-order valence-corrected chi connectivity index (χ3v) is 3.09. The van der Waals surface area contributed by atoms with Gasteiger partial charge in [0, 0.05) is 17.3 Å². The number of carbonyl (C=O) groups is 1. The summed E-state index contributed by atoms with van der Waals surface area (Å²) in [6, 6.07) is 4.90. The maximum Gasteiger partial charge on any atom is 0.354 e. The molecule has 4 nitrogen and oxygen atoms in total. The molecule has 0 unspecified atom stereocenters. The number of aromatic nitrogens is 2. The van der Waals surface area contributed by atoms with E-state index in [1.807, 2.05) is 0 Å². The molecule has 6 heteroatoms. The number of aromatic carboxylic acids is 1. The topological polar surface area (TPSA) is 63.1 Å². The van der Waals surface area contributed by atoms with Gasteiger partial charge >= 0.3 is 5.97 Å². The summed E-state index contributed by atoms with van der Waals surface area (Å²) in [7, 11) is 0. The third-order valence-electron chi connectivity index (χ3n) is 2.35. The van der Waals surface area contributed by atoms with E-state index in [0.29, 0.717) is 27.0 Å². The van der Waals surface area contributed by atoms with Crippen LogP contribution in [0.2, 0.25) is 10.0 Å². The molecule has 0 radical (unpaired) electrons. The zero-order valence-electron chi connectivity index (χ0n) is 9.32. The van der Waals surface area contributed by atoms with Gasteiger partial charge in [-0.25, -0.2) is 14.8 Å². The number of carboxylic acids is 1. The van der Waals surface area contributed by atoms with Crippen molar-refractivity contribution in [3.05, 3.63) is 45.7 Å². The number of carboxylic acid groups (broad SMARTS) is 1. The second-order valence-electron chi connectivity index (χ2n) is 3.66. The van der Waals surface area contributed by atoms with Crippen molar-refractivity contribution in [2.75, 3.05) is 0 Å². The number of nitrogens with zero attached hydrogens (tertiary/aromatic N) is 2. The first-order valence-corrected chi connectivity index (χ1v) is 5.77. The molecule has 0 amide bonds. The zero-order chi connectivity index (χ0) is 13.3. The van der Waals surface area contributed by atoms with Crippen molar-refractivity contribution in [2.24, 2.45) is 0 Å². The number of benzene rings is 1. The lowest BCUT2D eigenvalue weighted by Crippen LogP contribution is -2.05. The van der Waals surface area contributed by atoms with E-state index in [1.165, 1.54) is 6.20 Å². The van der Waals surface area contributed by atoms with Crippen molar-refractivity contribution < 1.29 is 9.90 Å². The molecule has 0 aliphatic carbocycles. The van der Waals surface area contributed by atoms with Gasteiger partial charge in [0.15, 0.2) is 11.5 Å². The van der Waals surface area contributed by atoms with Crippen molar-refractivity contribution in [1.82, 2.24) is 9.97 Å². The summed E-state index contributed by atoms with van der Waals surface area (Å²) < 4.78 is 0. The minimum atomic E-state index is -1.09. The number of halogens is 2. The van der Waals surface area contributed by atoms with Crippen LogP contribution in [0.1, 0.15) is 16.1 Å². The van der Waals surface area contributed by atoms with Crippen molar-refractivity contribution >= 4 is 29.2 Å². The predicted octanol–water partition coefficient (Wildman–Crippen LogP) is 3.46. The van der Waals surface area contributed by atoms with Gasteiger partial charge in [-0.2, -0.15) is 0 Å². The highest BCUT2D eigenvalue weighted by atomic mass is 35.5. The average Bonchev–Trinajstić information content (AvgIpc) is 2.33. The second-order valence-corrected chi connectivity index (χ2v) is 4.47. The Morgan fingerprint density at radius 1 is 1.28 bits per heavy atom. The molecule has 0 aliphatic rings. The smallest absolute Gasteiger partial charge is 0.354 e. The Bertz CT molecular complexity index is 629. The van der Waals surface area contributed by atoms with Crippen LogP contribution in [-0.2, 0) is 0 Å². The molecule has 0 fully saturated rings. The highest BCUT2D eigenvalue weighted by molar-refractivity contribution is 6.42. The van der Waals surface area contributed by atoms with Gasteiger partial charge < -0.3 is 5.11 Å². The fourth-order valence-corrected chi connectivity index (χ4v) is 1.73.